The van der Waals surface area contributed by atoms with Crippen LogP contribution in [0.5, 0.6) is 5.88 Å². The second-order valence-corrected chi connectivity index (χ2v) is 4.29. The first-order chi connectivity index (χ1) is 7.76. The van der Waals surface area contributed by atoms with Crippen LogP contribution in [0.15, 0.2) is 6.33 Å². The summed E-state index contributed by atoms with van der Waals surface area (Å²) in [6, 6.07) is 0. The van der Waals surface area contributed by atoms with Crippen LogP contribution in [0.3, 0.4) is 0 Å². The van der Waals surface area contributed by atoms with Gasteiger partial charge in [-0.15, -0.1) is 0 Å². The molecule has 0 aliphatic heterocycles. The molecule has 0 spiro atoms. The van der Waals surface area contributed by atoms with E-state index in [2.05, 4.69) is 30.9 Å². The van der Waals surface area contributed by atoms with Crippen molar-refractivity contribution in [2.24, 2.45) is 0 Å². The minimum absolute atomic E-state index is 0.171. The number of aryl methyl sites for hydroxylation is 1. The number of fused-ring (bicyclic) bond motifs is 1. The number of ether oxygens (including phenoxy) is 1. The SMILES string of the molecule is COc1nc(Cl)nc2c1ncn2CCCBr. The summed E-state index contributed by atoms with van der Waals surface area (Å²) in [5, 5.41) is 1.10. The van der Waals surface area contributed by atoms with Gasteiger partial charge in [0.1, 0.15) is 0 Å². The van der Waals surface area contributed by atoms with E-state index in [1.165, 1.54) is 7.11 Å². The Morgan fingerprint density at radius 3 is 3.00 bits per heavy atom. The molecule has 86 valence electrons. The van der Waals surface area contributed by atoms with Gasteiger partial charge in [-0.25, -0.2) is 4.98 Å². The Hall–Kier alpha value is -0.880. The highest BCUT2D eigenvalue weighted by Crippen LogP contribution is 2.22. The zero-order valence-corrected chi connectivity index (χ0v) is 11.0. The summed E-state index contributed by atoms with van der Waals surface area (Å²) in [4.78, 5) is 12.3. The van der Waals surface area contributed by atoms with Crippen LogP contribution in [-0.4, -0.2) is 32.0 Å². The van der Waals surface area contributed by atoms with Gasteiger partial charge in [0.05, 0.1) is 13.4 Å². The number of alkyl halides is 1. The van der Waals surface area contributed by atoms with Crippen molar-refractivity contribution in [3.8, 4) is 5.88 Å². The number of nitrogens with zero attached hydrogens (tertiary/aromatic N) is 4. The molecule has 0 fully saturated rings. The first kappa shape index (κ1) is 11.6. The zero-order chi connectivity index (χ0) is 11.5. The van der Waals surface area contributed by atoms with Gasteiger partial charge in [-0.05, 0) is 18.0 Å². The van der Waals surface area contributed by atoms with Gasteiger partial charge < -0.3 is 9.30 Å². The molecule has 0 N–H and O–H groups in total. The number of hydrogen-bond acceptors (Lipinski definition) is 4. The normalized spacial score (nSPS) is 10.9. The van der Waals surface area contributed by atoms with Crippen molar-refractivity contribution in [1.82, 2.24) is 19.5 Å². The number of imidazole rings is 1. The van der Waals surface area contributed by atoms with E-state index in [0.29, 0.717) is 17.0 Å². The number of hydrogen-bond donors (Lipinski definition) is 0. The third-order valence-electron chi connectivity index (χ3n) is 2.13. The summed E-state index contributed by atoms with van der Waals surface area (Å²) in [5.41, 5.74) is 1.35. The highest BCUT2D eigenvalue weighted by molar-refractivity contribution is 9.09. The average Bonchev–Trinajstić information content (AvgIpc) is 2.68. The number of rotatable bonds is 4. The number of methoxy groups -OCH3 is 1. The molecule has 2 heterocycles. The van der Waals surface area contributed by atoms with Crippen molar-refractivity contribution in [2.45, 2.75) is 13.0 Å². The molecule has 2 aromatic heterocycles. The van der Waals surface area contributed by atoms with Gasteiger partial charge >= 0.3 is 0 Å². The molecule has 0 bridgehead atoms. The smallest absolute Gasteiger partial charge is 0.246 e. The summed E-state index contributed by atoms with van der Waals surface area (Å²) >= 11 is 9.20. The van der Waals surface area contributed by atoms with E-state index >= 15 is 0 Å². The van der Waals surface area contributed by atoms with Gasteiger partial charge in [0.2, 0.25) is 11.2 Å². The third kappa shape index (κ3) is 2.12. The van der Waals surface area contributed by atoms with Crippen molar-refractivity contribution < 1.29 is 4.74 Å². The standard InChI is InChI=1S/C9H10BrClN4O/c1-16-8-6-7(13-9(11)14-8)15(5-12-6)4-2-3-10/h5H,2-4H2,1H3. The predicted octanol–water partition coefficient (Wildman–Crippen LogP) is 2.27. The molecule has 0 saturated carbocycles. The molecule has 2 aromatic rings. The second kappa shape index (κ2) is 4.97. The van der Waals surface area contributed by atoms with Gasteiger partial charge in [0.25, 0.3) is 0 Å². The van der Waals surface area contributed by atoms with E-state index in [0.717, 1.165) is 18.3 Å². The predicted molar refractivity (Wildman–Crippen MR) is 65.3 cm³/mol. The molecule has 0 aliphatic carbocycles. The minimum Gasteiger partial charge on any atom is -0.479 e. The fraction of sp³-hybridized carbons (Fsp3) is 0.444. The minimum atomic E-state index is 0.171. The zero-order valence-electron chi connectivity index (χ0n) is 8.65. The summed E-state index contributed by atoms with van der Waals surface area (Å²) in [6.45, 7) is 0.832. The molecule has 5 nitrogen and oxygen atoms in total. The van der Waals surface area contributed by atoms with Crippen LogP contribution in [0.1, 0.15) is 6.42 Å². The van der Waals surface area contributed by atoms with Crippen LogP contribution in [0.25, 0.3) is 11.2 Å². The molecule has 16 heavy (non-hydrogen) atoms. The molecule has 7 heteroatoms. The Labute approximate surface area is 106 Å². The second-order valence-electron chi connectivity index (χ2n) is 3.15. The van der Waals surface area contributed by atoms with E-state index in [4.69, 9.17) is 16.3 Å². The van der Waals surface area contributed by atoms with Crippen LogP contribution in [-0.2, 0) is 6.54 Å². The quantitative estimate of drug-likeness (QED) is 0.642. The van der Waals surface area contributed by atoms with E-state index in [9.17, 15) is 0 Å². The Bertz CT molecular complexity index is 501. The molecule has 0 aromatic carbocycles. The Kier molecular flexibility index (Phi) is 3.60. The van der Waals surface area contributed by atoms with E-state index in [1.807, 2.05) is 4.57 Å². The topological polar surface area (TPSA) is 52.8 Å². The summed E-state index contributed by atoms with van der Waals surface area (Å²) < 4.78 is 7.04. The maximum Gasteiger partial charge on any atom is 0.246 e. The van der Waals surface area contributed by atoms with Gasteiger partial charge in [-0.2, -0.15) is 9.97 Å². The lowest BCUT2D eigenvalue weighted by Crippen LogP contribution is -1.99. The largest absolute Gasteiger partial charge is 0.479 e. The first-order valence-corrected chi connectivity index (χ1v) is 6.24. The Morgan fingerprint density at radius 1 is 1.50 bits per heavy atom. The van der Waals surface area contributed by atoms with Gasteiger partial charge in [-0.1, -0.05) is 15.9 Å². The van der Waals surface area contributed by atoms with Crippen molar-refractivity contribution in [3.05, 3.63) is 11.6 Å². The maximum atomic E-state index is 5.81. The van der Waals surface area contributed by atoms with Crippen LogP contribution in [0.4, 0.5) is 0 Å². The van der Waals surface area contributed by atoms with Crippen molar-refractivity contribution >= 4 is 38.7 Å². The molecule has 0 radical (unpaired) electrons. The van der Waals surface area contributed by atoms with Gasteiger partial charge in [-0.3, -0.25) is 0 Å². The van der Waals surface area contributed by atoms with Gasteiger partial charge in [0.15, 0.2) is 11.2 Å². The Balaban J connectivity index is 2.49. The lowest BCUT2D eigenvalue weighted by Gasteiger charge is -2.03. The van der Waals surface area contributed by atoms with Crippen LogP contribution in [0.2, 0.25) is 5.28 Å². The average molecular weight is 306 g/mol. The first-order valence-electron chi connectivity index (χ1n) is 4.74. The van der Waals surface area contributed by atoms with E-state index in [-0.39, 0.29) is 5.28 Å². The lowest BCUT2D eigenvalue weighted by atomic mass is 10.4. The van der Waals surface area contributed by atoms with Crippen LogP contribution in [0, 0.1) is 0 Å². The van der Waals surface area contributed by atoms with Crippen molar-refractivity contribution in [3.63, 3.8) is 0 Å². The molecule has 0 unspecified atom stereocenters. The fourth-order valence-corrected chi connectivity index (χ4v) is 1.84. The molecule has 2 rings (SSSR count). The van der Waals surface area contributed by atoms with Gasteiger partial charge in [0, 0.05) is 11.9 Å². The summed E-state index contributed by atoms with van der Waals surface area (Å²) in [7, 11) is 1.54. The highest BCUT2D eigenvalue weighted by Gasteiger charge is 2.12. The van der Waals surface area contributed by atoms with Crippen LogP contribution < -0.4 is 4.74 Å². The molecule has 0 aliphatic rings. The van der Waals surface area contributed by atoms with E-state index in [1.54, 1.807) is 6.33 Å². The highest BCUT2D eigenvalue weighted by atomic mass is 79.9. The number of aromatic nitrogens is 4. The lowest BCUT2D eigenvalue weighted by molar-refractivity contribution is 0.402. The monoisotopic (exact) mass is 304 g/mol. The Morgan fingerprint density at radius 2 is 2.31 bits per heavy atom. The van der Waals surface area contributed by atoms with Crippen LogP contribution >= 0.6 is 27.5 Å². The molecule has 0 atom stereocenters. The summed E-state index contributed by atoms with van der Waals surface area (Å²) in [6.07, 6.45) is 2.72. The third-order valence-corrected chi connectivity index (χ3v) is 2.86. The van der Waals surface area contributed by atoms with Crippen molar-refractivity contribution in [2.75, 3.05) is 12.4 Å². The maximum absolute atomic E-state index is 5.81. The molecule has 0 saturated heterocycles. The summed E-state index contributed by atoms with van der Waals surface area (Å²) in [5.74, 6) is 0.410. The molecular weight excluding hydrogens is 295 g/mol. The fourth-order valence-electron chi connectivity index (χ4n) is 1.43. The van der Waals surface area contributed by atoms with E-state index < -0.39 is 0 Å². The van der Waals surface area contributed by atoms with Crippen molar-refractivity contribution in [1.29, 1.82) is 0 Å². The molecule has 0 amide bonds. The number of halogens is 2. The molecular formula is C9H10BrClN4O.